The Kier molecular flexibility index (Phi) is 3.71. The molecule has 0 aliphatic heterocycles. The molecule has 4 heteroatoms. The van der Waals surface area contributed by atoms with Crippen LogP contribution in [0.4, 0.5) is 11.4 Å². The van der Waals surface area contributed by atoms with Crippen molar-refractivity contribution in [3.63, 3.8) is 0 Å². The summed E-state index contributed by atoms with van der Waals surface area (Å²) in [5.74, 6) is 0. The molecule has 0 amide bonds. The van der Waals surface area contributed by atoms with E-state index in [-0.39, 0.29) is 0 Å². The summed E-state index contributed by atoms with van der Waals surface area (Å²) in [5, 5.41) is 21.9. The Labute approximate surface area is 116 Å². The van der Waals surface area contributed by atoms with Gasteiger partial charge in [-0.25, -0.2) is 0 Å². The minimum absolute atomic E-state index is 0.481. The fourth-order valence-corrected chi connectivity index (χ4v) is 1.95. The zero-order valence-electron chi connectivity index (χ0n) is 10.2. The first kappa shape index (κ1) is 13.0. The molecule has 2 aromatic rings. The molecule has 19 heavy (non-hydrogen) atoms. The van der Waals surface area contributed by atoms with Gasteiger partial charge in [0.25, 0.3) is 0 Å². The van der Waals surface area contributed by atoms with Crippen molar-refractivity contribution >= 4 is 23.0 Å². The largest absolute Gasteiger partial charge is 0.353 e. The second-order valence-corrected chi connectivity index (χ2v) is 4.47. The lowest BCUT2D eigenvalue weighted by Gasteiger charge is -2.11. The number of hydrogen-bond donors (Lipinski definition) is 1. The third kappa shape index (κ3) is 2.68. The lowest BCUT2D eigenvalue weighted by Crippen LogP contribution is -1.97. The van der Waals surface area contributed by atoms with Crippen LogP contribution in [0.1, 0.15) is 16.7 Å². The minimum atomic E-state index is 0.481. The maximum atomic E-state index is 9.18. The summed E-state index contributed by atoms with van der Waals surface area (Å²) in [6.07, 6.45) is 0. The van der Waals surface area contributed by atoms with E-state index in [0.29, 0.717) is 27.5 Å². The summed E-state index contributed by atoms with van der Waals surface area (Å²) in [7, 11) is 0. The van der Waals surface area contributed by atoms with Crippen LogP contribution in [0.2, 0.25) is 5.02 Å². The van der Waals surface area contributed by atoms with Crippen molar-refractivity contribution in [1.82, 2.24) is 0 Å². The molecule has 0 fully saturated rings. The normalized spacial score (nSPS) is 9.47. The predicted molar refractivity (Wildman–Crippen MR) is 75.3 cm³/mol. The quantitative estimate of drug-likeness (QED) is 0.890. The second kappa shape index (κ2) is 5.44. The second-order valence-electron chi connectivity index (χ2n) is 4.04. The minimum Gasteiger partial charge on any atom is -0.353 e. The van der Waals surface area contributed by atoms with Crippen LogP contribution in [0.5, 0.6) is 0 Å². The van der Waals surface area contributed by atoms with E-state index in [0.717, 1.165) is 5.56 Å². The molecule has 2 aromatic carbocycles. The predicted octanol–water partition coefficient (Wildman–Crippen LogP) is 4.14. The lowest BCUT2D eigenvalue weighted by molar-refractivity contribution is 1.37. The zero-order valence-corrected chi connectivity index (χ0v) is 11.0. The first-order valence-corrected chi connectivity index (χ1v) is 6.00. The average molecular weight is 268 g/mol. The third-order valence-electron chi connectivity index (χ3n) is 2.76. The Morgan fingerprint density at radius 3 is 2.53 bits per heavy atom. The number of nitrogens with zero attached hydrogens (tertiary/aromatic N) is 2. The topological polar surface area (TPSA) is 59.6 Å². The van der Waals surface area contributed by atoms with Gasteiger partial charge in [-0.15, -0.1) is 0 Å². The number of nitriles is 2. The zero-order chi connectivity index (χ0) is 13.8. The van der Waals surface area contributed by atoms with Crippen molar-refractivity contribution in [1.29, 1.82) is 10.5 Å². The highest BCUT2D eigenvalue weighted by Gasteiger charge is 2.08. The average Bonchev–Trinajstić information content (AvgIpc) is 2.39. The van der Waals surface area contributed by atoms with Crippen LogP contribution in [0.15, 0.2) is 36.4 Å². The summed E-state index contributed by atoms with van der Waals surface area (Å²) in [5.41, 5.74) is 3.19. The molecule has 0 aliphatic rings. The molecule has 92 valence electrons. The Morgan fingerprint density at radius 1 is 1.05 bits per heavy atom. The molecular formula is C15H10ClN3. The smallest absolute Gasteiger partial charge is 0.102 e. The Balaban J connectivity index is 2.49. The van der Waals surface area contributed by atoms with E-state index in [1.165, 1.54) is 0 Å². The molecule has 0 radical (unpaired) electrons. The number of hydrogen-bond acceptors (Lipinski definition) is 3. The number of aryl methyl sites for hydroxylation is 1. The molecule has 3 nitrogen and oxygen atoms in total. The SMILES string of the molecule is Cc1cccc(Nc2cc(Cl)ccc2C#N)c1C#N. The molecule has 0 spiro atoms. The van der Waals surface area contributed by atoms with Crippen molar-refractivity contribution in [2.75, 3.05) is 5.32 Å². The highest BCUT2D eigenvalue weighted by Crippen LogP contribution is 2.27. The fraction of sp³-hybridized carbons (Fsp3) is 0.0667. The van der Waals surface area contributed by atoms with E-state index in [4.69, 9.17) is 16.9 Å². The van der Waals surface area contributed by atoms with Gasteiger partial charge in [0.05, 0.1) is 22.5 Å². The number of benzene rings is 2. The van der Waals surface area contributed by atoms with E-state index < -0.39 is 0 Å². The van der Waals surface area contributed by atoms with Crippen LogP contribution in [0, 0.1) is 29.6 Å². The molecule has 0 unspecified atom stereocenters. The van der Waals surface area contributed by atoms with Gasteiger partial charge < -0.3 is 5.32 Å². The van der Waals surface area contributed by atoms with Gasteiger partial charge in [-0.2, -0.15) is 10.5 Å². The summed E-state index contributed by atoms with van der Waals surface area (Å²) >= 11 is 5.93. The Bertz CT molecular complexity index is 708. The molecule has 1 N–H and O–H groups in total. The molecular weight excluding hydrogens is 258 g/mol. The van der Waals surface area contributed by atoms with Crippen LogP contribution in [-0.2, 0) is 0 Å². The maximum absolute atomic E-state index is 9.18. The van der Waals surface area contributed by atoms with E-state index in [1.807, 2.05) is 19.1 Å². The molecule has 2 rings (SSSR count). The molecule has 0 saturated carbocycles. The maximum Gasteiger partial charge on any atom is 0.102 e. The van der Waals surface area contributed by atoms with Gasteiger partial charge in [0.15, 0.2) is 0 Å². The number of halogens is 1. The highest BCUT2D eigenvalue weighted by atomic mass is 35.5. The van der Waals surface area contributed by atoms with Crippen molar-refractivity contribution < 1.29 is 0 Å². The summed E-state index contributed by atoms with van der Waals surface area (Å²) in [4.78, 5) is 0. The van der Waals surface area contributed by atoms with Gasteiger partial charge in [0.2, 0.25) is 0 Å². The van der Waals surface area contributed by atoms with Crippen LogP contribution < -0.4 is 5.32 Å². The van der Waals surface area contributed by atoms with Gasteiger partial charge in [-0.05, 0) is 36.8 Å². The van der Waals surface area contributed by atoms with Gasteiger partial charge in [0, 0.05) is 5.02 Å². The van der Waals surface area contributed by atoms with E-state index in [2.05, 4.69) is 17.5 Å². The molecule has 0 aromatic heterocycles. The van der Waals surface area contributed by atoms with E-state index >= 15 is 0 Å². The Morgan fingerprint density at radius 2 is 1.84 bits per heavy atom. The third-order valence-corrected chi connectivity index (χ3v) is 2.99. The summed E-state index contributed by atoms with van der Waals surface area (Å²) in [6, 6.07) is 14.7. The van der Waals surface area contributed by atoms with Crippen LogP contribution in [0.25, 0.3) is 0 Å². The first-order chi connectivity index (χ1) is 9.15. The van der Waals surface area contributed by atoms with Gasteiger partial charge in [-0.1, -0.05) is 23.7 Å². The van der Waals surface area contributed by atoms with Crippen LogP contribution in [0.3, 0.4) is 0 Å². The molecule has 0 heterocycles. The Hall–Kier alpha value is -2.49. The molecule has 0 saturated heterocycles. The van der Waals surface area contributed by atoms with Gasteiger partial charge in [0.1, 0.15) is 12.1 Å². The van der Waals surface area contributed by atoms with Crippen molar-refractivity contribution in [3.8, 4) is 12.1 Å². The van der Waals surface area contributed by atoms with E-state index in [1.54, 1.807) is 24.3 Å². The summed E-state index contributed by atoms with van der Waals surface area (Å²) in [6.45, 7) is 1.87. The van der Waals surface area contributed by atoms with Crippen LogP contribution >= 0.6 is 11.6 Å². The number of anilines is 2. The van der Waals surface area contributed by atoms with E-state index in [9.17, 15) is 5.26 Å². The standard InChI is InChI=1S/C15H10ClN3/c1-10-3-2-4-14(13(10)9-18)19-15-7-12(16)6-5-11(15)8-17/h2-7,19H,1H3. The molecule has 0 aliphatic carbocycles. The number of rotatable bonds is 2. The van der Waals surface area contributed by atoms with Crippen molar-refractivity contribution in [2.45, 2.75) is 6.92 Å². The summed E-state index contributed by atoms with van der Waals surface area (Å²) < 4.78 is 0. The molecule has 0 atom stereocenters. The molecule has 0 bridgehead atoms. The monoisotopic (exact) mass is 267 g/mol. The van der Waals surface area contributed by atoms with Gasteiger partial charge >= 0.3 is 0 Å². The van der Waals surface area contributed by atoms with Gasteiger partial charge in [-0.3, -0.25) is 0 Å². The van der Waals surface area contributed by atoms with Crippen molar-refractivity contribution in [2.24, 2.45) is 0 Å². The van der Waals surface area contributed by atoms with Crippen molar-refractivity contribution in [3.05, 3.63) is 58.1 Å². The fourth-order valence-electron chi connectivity index (χ4n) is 1.78. The lowest BCUT2D eigenvalue weighted by atomic mass is 10.1. The highest BCUT2D eigenvalue weighted by molar-refractivity contribution is 6.30. The van der Waals surface area contributed by atoms with Crippen LogP contribution in [-0.4, -0.2) is 0 Å². The first-order valence-electron chi connectivity index (χ1n) is 5.62. The number of nitrogens with one attached hydrogen (secondary N) is 1.